The van der Waals surface area contributed by atoms with Gasteiger partial charge < -0.3 is 5.32 Å². The van der Waals surface area contributed by atoms with Gasteiger partial charge in [-0.2, -0.15) is 0 Å². The zero-order valence-electron chi connectivity index (χ0n) is 12.5. The number of anilines is 1. The molecule has 1 N–H and O–H groups in total. The molecule has 22 heavy (non-hydrogen) atoms. The smallest absolute Gasteiger partial charge is 0.175 e. The highest BCUT2D eigenvalue weighted by atomic mass is 32.2. The van der Waals surface area contributed by atoms with E-state index >= 15 is 0 Å². The van der Waals surface area contributed by atoms with Crippen molar-refractivity contribution in [3.05, 3.63) is 24.0 Å². The molecule has 5 nitrogen and oxygen atoms in total. The average molecular weight is 349 g/mol. The fraction of sp³-hybridized carbons (Fsp3) is 0.571. The lowest BCUT2D eigenvalue weighted by atomic mass is 10.00. The predicted molar refractivity (Wildman–Crippen MR) is 84.0 cm³/mol. The minimum Gasteiger partial charge on any atom is -0.382 e. The number of rotatable bonds is 4. The number of halogens is 1. The van der Waals surface area contributed by atoms with Crippen LogP contribution in [0.2, 0.25) is 0 Å². The van der Waals surface area contributed by atoms with E-state index in [-0.39, 0.29) is 27.5 Å². The Morgan fingerprint density at radius 2 is 2.05 bits per heavy atom. The molecule has 2 unspecified atom stereocenters. The van der Waals surface area contributed by atoms with Crippen LogP contribution in [-0.2, 0) is 19.7 Å². The second kappa shape index (κ2) is 6.16. The van der Waals surface area contributed by atoms with Gasteiger partial charge in [-0.3, -0.25) is 0 Å². The standard InChI is InChI=1S/C14H20FNO4S2/c1-10-7-11(5-6-22(10,19)20)9-16-14-4-3-12(8-13(14)15)21(2,17)18/h3-4,8,10-11,16H,5-7,9H2,1-2H3. The van der Waals surface area contributed by atoms with Crippen LogP contribution in [0.4, 0.5) is 10.1 Å². The van der Waals surface area contributed by atoms with Gasteiger partial charge in [0.2, 0.25) is 0 Å². The van der Waals surface area contributed by atoms with Crippen molar-refractivity contribution in [1.82, 2.24) is 0 Å². The molecule has 124 valence electrons. The van der Waals surface area contributed by atoms with Crippen LogP contribution in [0.25, 0.3) is 0 Å². The third kappa shape index (κ3) is 3.98. The first-order valence-corrected chi connectivity index (χ1v) is 10.7. The van der Waals surface area contributed by atoms with Gasteiger partial charge in [0.15, 0.2) is 19.7 Å². The maximum atomic E-state index is 13.9. The third-order valence-corrected chi connectivity index (χ3v) is 7.37. The molecule has 1 fully saturated rings. The zero-order valence-corrected chi connectivity index (χ0v) is 14.2. The van der Waals surface area contributed by atoms with E-state index in [2.05, 4.69) is 5.32 Å². The molecule has 8 heteroatoms. The van der Waals surface area contributed by atoms with Crippen molar-refractivity contribution in [1.29, 1.82) is 0 Å². The summed E-state index contributed by atoms with van der Waals surface area (Å²) in [5, 5.41) is 2.57. The van der Waals surface area contributed by atoms with Gasteiger partial charge >= 0.3 is 0 Å². The molecular formula is C14H20FNO4S2. The molecule has 0 saturated carbocycles. The van der Waals surface area contributed by atoms with Crippen molar-refractivity contribution < 1.29 is 21.2 Å². The van der Waals surface area contributed by atoms with Crippen molar-refractivity contribution in [2.75, 3.05) is 23.9 Å². The zero-order chi connectivity index (χ0) is 16.5. The predicted octanol–water partition coefficient (Wildman–Crippen LogP) is 1.85. The van der Waals surface area contributed by atoms with Crippen molar-refractivity contribution in [3.8, 4) is 0 Å². The lowest BCUT2D eigenvalue weighted by Crippen LogP contribution is -2.33. The normalized spacial score (nSPS) is 24.9. The van der Waals surface area contributed by atoms with Crippen LogP contribution in [0.3, 0.4) is 0 Å². The maximum Gasteiger partial charge on any atom is 0.175 e. The number of nitrogens with one attached hydrogen (secondary N) is 1. The van der Waals surface area contributed by atoms with E-state index in [9.17, 15) is 21.2 Å². The summed E-state index contributed by atoms with van der Waals surface area (Å²) in [5.41, 5.74) is 0.230. The molecule has 0 radical (unpaired) electrons. The first-order chi connectivity index (χ1) is 10.1. The fourth-order valence-electron chi connectivity index (χ4n) is 2.58. The van der Waals surface area contributed by atoms with E-state index < -0.39 is 25.5 Å². The maximum absolute atomic E-state index is 13.9. The summed E-state index contributed by atoms with van der Waals surface area (Å²) in [6, 6.07) is 3.75. The number of benzene rings is 1. The molecule has 1 aromatic rings. The fourth-order valence-corrected chi connectivity index (χ4v) is 4.84. The summed E-state index contributed by atoms with van der Waals surface area (Å²) in [4.78, 5) is -0.0621. The molecule has 0 bridgehead atoms. The minimum absolute atomic E-state index is 0.0621. The van der Waals surface area contributed by atoms with Crippen molar-refractivity contribution in [2.24, 2.45) is 5.92 Å². The Kier molecular flexibility index (Phi) is 4.81. The highest BCUT2D eigenvalue weighted by molar-refractivity contribution is 7.92. The highest BCUT2D eigenvalue weighted by Gasteiger charge is 2.30. The Morgan fingerprint density at radius 1 is 1.36 bits per heavy atom. The summed E-state index contributed by atoms with van der Waals surface area (Å²) in [5.74, 6) is -0.303. The van der Waals surface area contributed by atoms with E-state index in [0.717, 1.165) is 12.3 Å². The van der Waals surface area contributed by atoms with Gasteiger partial charge in [0.1, 0.15) is 5.82 Å². The van der Waals surface area contributed by atoms with Crippen LogP contribution in [0.1, 0.15) is 19.8 Å². The summed E-state index contributed by atoms with van der Waals surface area (Å²) in [7, 11) is -6.41. The molecule has 1 aromatic carbocycles. The second-order valence-electron chi connectivity index (χ2n) is 5.86. The molecule has 1 saturated heterocycles. The third-order valence-electron chi connectivity index (χ3n) is 4.04. The molecular weight excluding hydrogens is 329 g/mol. The quantitative estimate of drug-likeness (QED) is 0.897. The Bertz CT molecular complexity index is 759. The second-order valence-corrected chi connectivity index (χ2v) is 10.4. The monoisotopic (exact) mass is 349 g/mol. The SMILES string of the molecule is CC1CC(CNc2ccc(S(C)(=O)=O)cc2F)CCS1(=O)=O. The topological polar surface area (TPSA) is 80.3 Å². The Balaban J connectivity index is 2.01. The van der Waals surface area contributed by atoms with Crippen molar-refractivity contribution >= 4 is 25.4 Å². The van der Waals surface area contributed by atoms with Gasteiger partial charge in [0.25, 0.3) is 0 Å². The molecule has 1 aliphatic rings. The van der Waals surface area contributed by atoms with Crippen LogP contribution in [0, 0.1) is 11.7 Å². The first kappa shape index (κ1) is 17.2. The van der Waals surface area contributed by atoms with E-state index in [1.807, 2.05) is 0 Å². The number of hydrogen-bond acceptors (Lipinski definition) is 5. The molecule has 0 amide bonds. The van der Waals surface area contributed by atoms with Crippen LogP contribution in [0.5, 0.6) is 0 Å². The van der Waals surface area contributed by atoms with Crippen LogP contribution < -0.4 is 5.32 Å². The number of sulfone groups is 2. The summed E-state index contributed by atoms with van der Waals surface area (Å²) in [6.45, 7) is 2.16. The van der Waals surface area contributed by atoms with Gasteiger partial charge in [-0.1, -0.05) is 0 Å². The van der Waals surface area contributed by atoms with Crippen LogP contribution in [-0.4, -0.2) is 40.6 Å². The van der Waals surface area contributed by atoms with E-state index in [1.54, 1.807) is 6.92 Å². The van der Waals surface area contributed by atoms with Gasteiger partial charge in [-0.25, -0.2) is 21.2 Å². The van der Waals surface area contributed by atoms with E-state index in [4.69, 9.17) is 0 Å². The summed E-state index contributed by atoms with van der Waals surface area (Å²) >= 11 is 0. The lowest BCUT2D eigenvalue weighted by Gasteiger charge is -2.27. The van der Waals surface area contributed by atoms with Gasteiger partial charge in [-0.05, 0) is 43.9 Å². The molecule has 2 atom stereocenters. The van der Waals surface area contributed by atoms with Gasteiger partial charge in [0.05, 0.1) is 21.6 Å². The minimum atomic E-state index is -3.43. The van der Waals surface area contributed by atoms with Gasteiger partial charge in [-0.15, -0.1) is 0 Å². The Morgan fingerprint density at radius 3 is 2.59 bits per heavy atom. The molecule has 0 aliphatic carbocycles. The molecule has 2 rings (SSSR count). The number of hydrogen-bond donors (Lipinski definition) is 1. The largest absolute Gasteiger partial charge is 0.382 e. The Labute approximate surface area is 130 Å². The van der Waals surface area contributed by atoms with E-state index in [0.29, 0.717) is 19.4 Å². The molecule has 1 heterocycles. The highest BCUT2D eigenvalue weighted by Crippen LogP contribution is 2.26. The van der Waals surface area contributed by atoms with Crippen LogP contribution in [0.15, 0.2) is 23.1 Å². The first-order valence-electron chi connectivity index (χ1n) is 7.04. The Hall–Kier alpha value is -1.15. The molecule has 0 spiro atoms. The lowest BCUT2D eigenvalue weighted by molar-refractivity contribution is 0.449. The van der Waals surface area contributed by atoms with Crippen LogP contribution >= 0.6 is 0 Å². The summed E-state index contributed by atoms with van der Waals surface area (Å²) in [6.07, 6.45) is 2.14. The molecule has 1 aliphatic heterocycles. The molecule has 0 aromatic heterocycles. The average Bonchev–Trinajstić information content (AvgIpc) is 2.40. The summed E-state index contributed by atoms with van der Waals surface area (Å²) < 4.78 is 59.9. The van der Waals surface area contributed by atoms with Crippen molar-refractivity contribution in [3.63, 3.8) is 0 Å². The van der Waals surface area contributed by atoms with Gasteiger partial charge in [0, 0.05) is 12.8 Å². The van der Waals surface area contributed by atoms with Crippen molar-refractivity contribution in [2.45, 2.75) is 29.9 Å². The van der Waals surface area contributed by atoms with E-state index in [1.165, 1.54) is 12.1 Å².